The van der Waals surface area contributed by atoms with E-state index in [0.717, 1.165) is 58.2 Å². The first-order valence-corrected chi connectivity index (χ1v) is 10.9. The van der Waals surface area contributed by atoms with E-state index in [1.807, 2.05) is 6.92 Å². The van der Waals surface area contributed by atoms with Crippen LogP contribution in [-0.2, 0) is 14.3 Å². The number of ether oxygens (including phenoxy) is 2. The van der Waals surface area contributed by atoms with Crippen molar-refractivity contribution in [3.8, 4) is 0 Å². The maximum absolute atomic E-state index is 12.6. The Hall–Kier alpha value is -0.970. The Labute approximate surface area is 162 Å². The molecule has 1 N–H and O–H groups in total. The molecule has 0 unspecified atom stereocenters. The number of aliphatic hydroxyl groups is 1. The molecule has 1 aliphatic heterocycles. The van der Waals surface area contributed by atoms with Gasteiger partial charge in [0.25, 0.3) is 0 Å². The molecular formula is C23H32O4. The van der Waals surface area contributed by atoms with Gasteiger partial charge < -0.3 is 14.6 Å². The minimum Gasteiger partial charge on any atom is -0.381 e. The minimum absolute atomic E-state index is 0.0372. The Morgan fingerprint density at radius 1 is 1.22 bits per heavy atom. The number of hydrogen-bond acceptors (Lipinski definition) is 4. The van der Waals surface area contributed by atoms with Crippen LogP contribution in [0, 0.1) is 17.3 Å². The van der Waals surface area contributed by atoms with E-state index in [4.69, 9.17) is 9.47 Å². The monoisotopic (exact) mass is 372 g/mol. The van der Waals surface area contributed by atoms with Crippen molar-refractivity contribution < 1.29 is 19.4 Å². The minimum atomic E-state index is -1.13. The van der Waals surface area contributed by atoms with Crippen LogP contribution < -0.4 is 0 Å². The Bertz CT molecular complexity index is 729. The topological polar surface area (TPSA) is 55.8 Å². The highest BCUT2D eigenvalue weighted by Crippen LogP contribution is 2.63. The third-order valence-corrected chi connectivity index (χ3v) is 8.58. The van der Waals surface area contributed by atoms with Gasteiger partial charge in [0.15, 0.2) is 11.6 Å². The first-order chi connectivity index (χ1) is 12.9. The van der Waals surface area contributed by atoms with Crippen LogP contribution in [-0.4, -0.2) is 35.5 Å². The van der Waals surface area contributed by atoms with Crippen molar-refractivity contribution in [2.45, 2.75) is 83.0 Å². The van der Waals surface area contributed by atoms with Crippen LogP contribution in [0.3, 0.4) is 0 Å². The van der Waals surface area contributed by atoms with Gasteiger partial charge in [-0.15, -0.1) is 0 Å². The molecule has 5 rings (SSSR count). The molecular weight excluding hydrogens is 340 g/mol. The zero-order chi connectivity index (χ0) is 18.9. The van der Waals surface area contributed by atoms with Crippen LogP contribution in [0.4, 0.5) is 0 Å². The molecule has 0 bridgehead atoms. The van der Waals surface area contributed by atoms with Gasteiger partial charge in [0.2, 0.25) is 0 Å². The average molecular weight is 373 g/mol. The van der Waals surface area contributed by atoms with E-state index in [-0.39, 0.29) is 17.0 Å². The SMILES string of the molecule is CCC(=O)[C@@]1(O)CC[C@H]2[C@@H]3CCC4=C(CCC5(C4)OCCO5)C3=CC[C@@]21C. The molecule has 0 aromatic carbocycles. The number of fused-ring (bicyclic) bond motifs is 4. The van der Waals surface area contributed by atoms with Gasteiger partial charge in [0.1, 0.15) is 5.60 Å². The first-order valence-electron chi connectivity index (χ1n) is 10.9. The zero-order valence-electron chi connectivity index (χ0n) is 16.7. The summed E-state index contributed by atoms with van der Waals surface area (Å²) >= 11 is 0. The Morgan fingerprint density at radius 3 is 2.74 bits per heavy atom. The van der Waals surface area contributed by atoms with Gasteiger partial charge in [0.05, 0.1) is 13.2 Å². The third kappa shape index (κ3) is 2.36. The predicted molar refractivity (Wildman–Crippen MR) is 102 cm³/mol. The molecule has 27 heavy (non-hydrogen) atoms. The van der Waals surface area contributed by atoms with Crippen molar-refractivity contribution in [3.05, 3.63) is 22.8 Å². The number of allylic oxidation sites excluding steroid dienone is 3. The molecule has 0 aromatic rings. The van der Waals surface area contributed by atoms with E-state index in [9.17, 15) is 9.90 Å². The normalized spacial score (nSPS) is 42.6. The Balaban J connectivity index is 1.47. The highest BCUT2D eigenvalue weighted by Gasteiger charge is 2.62. The molecule has 0 aromatic heterocycles. The zero-order valence-corrected chi connectivity index (χ0v) is 16.7. The van der Waals surface area contributed by atoms with Crippen LogP contribution in [0.5, 0.6) is 0 Å². The van der Waals surface area contributed by atoms with Crippen molar-refractivity contribution in [2.75, 3.05) is 13.2 Å². The first kappa shape index (κ1) is 18.1. The highest BCUT2D eigenvalue weighted by atomic mass is 16.7. The van der Waals surface area contributed by atoms with Crippen LogP contribution in [0.25, 0.3) is 0 Å². The van der Waals surface area contributed by atoms with Crippen LogP contribution >= 0.6 is 0 Å². The Kier molecular flexibility index (Phi) is 4.03. The second-order valence-corrected chi connectivity index (χ2v) is 9.57. The summed E-state index contributed by atoms with van der Waals surface area (Å²) in [6.07, 6.45) is 10.4. The van der Waals surface area contributed by atoms with E-state index in [1.54, 1.807) is 5.57 Å². The molecule has 1 heterocycles. The van der Waals surface area contributed by atoms with Crippen molar-refractivity contribution >= 4 is 5.78 Å². The molecule has 4 heteroatoms. The molecule has 2 fully saturated rings. The molecule has 4 aliphatic carbocycles. The van der Waals surface area contributed by atoms with Gasteiger partial charge in [-0.3, -0.25) is 4.79 Å². The summed E-state index contributed by atoms with van der Waals surface area (Å²) in [7, 11) is 0. The predicted octanol–water partition coefficient (Wildman–Crippen LogP) is 4.08. The van der Waals surface area contributed by atoms with E-state index in [0.29, 0.717) is 24.7 Å². The van der Waals surface area contributed by atoms with Crippen LogP contribution in [0.1, 0.15) is 71.6 Å². The van der Waals surface area contributed by atoms with Crippen molar-refractivity contribution in [1.29, 1.82) is 0 Å². The van der Waals surface area contributed by atoms with E-state index in [1.165, 1.54) is 11.1 Å². The van der Waals surface area contributed by atoms with Crippen molar-refractivity contribution in [3.63, 3.8) is 0 Å². The molecule has 1 saturated heterocycles. The number of carbonyl (C=O) groups is 1. The summed E-state index contributed by atoms with van der Waals surface area (Å²) in [5.74, 6) is 0.606. The fraction of sp³-hybridized carbons (Fsp3) is 0.783. The molecule has 5 aliphatic rings. The number of rotatable bonds is 2. The fourth-order valence-electron chi connectivity index (χ4n) is 7.06. The van der Waals surface area contributed by atoms with Gasteiger partial charge in [-0.05, 0) is 61.5 Å². The summed E-state index contributed by atoms with van der Waals surface area (Å²) in [4.78, 5) is 12.6. The maximum Gasteiger partial charge on any atom is 0.172 e. The van der Waals surface area contributed by atoms with E-state index >= 15 is 0 Å². The molecule has 0 amide bonds. The molecule has 0 radical (unpaired) electrons. The van der Waals surface area contributed by atoms with Gasteiger partial charge in [-0.1, -0.05) is 25.5 Å². The van der Waals surface area contributed by atoms with Gasteiger partial charge in [-0.2, -0.15) is 0 Å². The van der Waals surface area contributed by atoms with E-state index in [2.05, 4.69) is 13.0 Å². The number of carbonyl (C=O) groups excluding carboxylic acids is 1. The van der Waals surface area contributed by atoms with Gasteiger partial charge in [0, 0.05) is 24.7 Å². The quantitative estimate of drug-likeness (QED) is 0.794. The summed E-state index contributed by atoms with van der Waals surface area (Å²) < 4.78 is 11.9. The summed E-state index contributed by atoms with van der Waals surface area (Å²) in [5.41, 5.74) is 3.17. The standard InChI is InChI=1S/C23H32O4/c1-3-20(24)23(25)11-8-19-18-5-4-15-14-22(26-12-13-27-22)10-7-16(15)17(18)6-9-21(19,23)2/h6,18-19,25H,3-5,7-14H2,1-2H3/t18-,19+,21+,23+/m1/s1. The van der Waals surface area contributed by atoms with Crippen LogP contribution in [0.2, 0.25) is 0 Å². The summed E-state index contributed by atoms with van der Waals surface area (Å²) in [6, 6.07) is 0. The lowest BCUT2D eigenvalue weighted by Crippen LogP contribution is -2.53. The lowest BCUT2D eigenvalue weighted by Gasteiger charge is -2.50. The lowest BCUT2D eigenvalue weighted by atomic mass is 9.55. The largest absolute Gasteiger partial charge is 0.381 e. The number of ketones is 1. The van der Waals surface area contributed by atoms with Gasteiger partial charge >= 0.3 is 0 Å². The fourth-order valence-corrected chi connectivity index (χ4v) is 7.06. The van der Waals surface area contributed by atoms with E-state index < -0.39 is 5.60 Å². The van der Waals surface area contributed by atoms with Crippen molar-refractivity contribution in [1.82, 2.24) is 0 Å². The second kappa shape index (κ2) is 6.01. The summed E-state index contributed by atoms with van der Waals surface area (Å²) in [6.45, 7) is 5.49. The smallest absolute Gasteiger partial charge is 0.172 e. The van der Waals surface area contributed by atoms with Crippen molar-refractivity contribution in [2.24, 2.45) is 17.3 Å². The number of Topliss-reactive ketones (excluding diaryl/α,β-unsaturated/α-hetero) is 1. The molecule has 1 spiro atoms. The molecule has 4 atom stereocenters. The van der Waals surface area contributed by atoms with Crippen LogP contribution in [0.15, 0.2) is 22.8 Å². The average Bonchev–Trinajstić information content (AvgIpc) is 3.23. The molecule has 148 valence electrons. The molecule has 1 saturated carbocycles. The maximum atomic E-state index is 12.6. The third-order valence-electron chi connectivity index (χ3n) is 8.58. The lowest BCUT2D eigenvalue weighted by molar-refractivity contribution is -0.164. The molecule has 4 nitrogen and oxygen atoms in total. The van der Waals surface area contributed by atoms with Gasteiger partial charge in [-0.25, -0.2) is 0 Å². The summed E-state index contributed by atoms with van der Waals surface area (Å²) in [5, 5.41) is 11.4. The number of hydrogen-bond donors (Lipinski definition) is 1. The Morgan fingerprint density at radius 2 is 2.00 bits per heavy atom. The highest BCUT2D eigenvalue weighted by molar-refractivity contribution is 5.88. The second-order valence-electron chi connectivity index (χ2n) is 9.57.